The number of nitrogens with one attached hydrogen (secondary N) is 1. The number of ether oxygens (including phenoxy) is 1. The van der Waals surface area contributed by atoms with Crippen LogP contribution in [-0.2, 0) is 4.74 Å². The average Bonchev–Trinajstić information content (AvgIpc) is 2.94. The van der Waals surface area contributed by atoms with Gasteiger partial charge in [0.05, 0.1) is 6.61 Å². The van der Waals surface area contributed by atoms with E-state index in [-0.39, 0.29) is 0 Å². The van der Waals surface area contributed by atoms with E-state index < -0.39 is 0 Å². The summed E-state index contributed by atoms with van der Waals surface area (Å²) in [5, 5.41) is 3.28. The predicted octanol–water partition coefficient (Wildman–Crippen LogP) is 0.740. The Morgan fingerprint density at radius 1 is 1.54 bits per heavy atom. The molecule has 1 saturated carbocycles. The van der Waals surface area contributed by atoms with E-state index in [0.29, 0.717) is 6.04 Å². The summed E-state index contributed by atoms with van der Waals surface area (Å²) in [4.78, 5) is 0. The van der Waals surface area contributed by atoms with E-state index in [1.54, 1.807) is 0 Å². The Labute approximate surface area is 81.0 Å². The zero-order valence-electron chi connectivity index (χ0n) is 8.59. The van der Waals surface area contributed by atoms with Crippen molar-refractivity contribution in [3.63, 3.8) is 0 Å². The first kappa shape index (κ1) is 11.0. The molecule has 1 aliphatic rings. The number of rotatable bonds is 8. The van der Waals surface area contributed by atoms with Gasteiger partial charge in [0.25, 0.3) is 0 Å². The van der Waals surface area contributed by atoms with Gasteiger partial charge in [0.1, 0.15) is 0 Å². The molecule has 0 aliphatic heterocycles. The van der Waals surface area contributed by atoms with Crippen molar-refractivity contribution in [2.45, 2.75) is 32.2 Å². The van der Waals surface area contributed by atoms with Crippen LogP contribution in [0.5, 0.6) is 0 Å². The lowest BCUT2D eigenvalue weighted by molar-refractivity contribution is 0.126. The molecule has 0 heterocycles. The number of hydrogen-bond donors (Lipinski definition) is 2. The van der Waals surface area contributed by atoms with Gasteiger partial charge in [-0.15, -0.1) is 0 Å². The van der Waals surface area contributed by atoms with Gasteiger partial charge >= 0.3 is 0 Å². The summed E-state index contributed by atoms with van der Waals surface area (Å²) in [6.45, 7) is 5.73. The van der Waals surface area contributed by atoms with Crippen molar-refractivity contribution in [3.8, 4) is 0 Å². The second-order valence-corrected chi connectivity index (χ2v) is 3.89. The van der Waals surface area contributed by atoms with Crippen LogP contribution in [0.2, 0.25) is 0 Å². The highest BCUT2D eigenvalue weighted by molar-refractivity contribution is 4.72. The van der Waals surface area contributed by atoms with Crippen molar-refractivity contribution in [2.75, 3.05) is 26.3 Å². The molecule has 1 atom stereocenters. The van der Waals surface area contributed by atoms with Crippen LogP contribution in [0.4, 0.5) is 0 Å². The van der Waals surface area contributed by atoms with Crippen molar-refractivity contribution < 1.29 is 4.74 Å². The van der Waals surface area contributed by atoms with Crippen LogP contribution in [-0.4, -0.2) is 32.3 Å². The molecule has 0 aromatic carbocycles. The fourth-order valence-corrected chi connectivity index (χ4v) is 1.11. The molecule has 1 fully saturated rings. The van der Waals surface area contributed by atoms with Gasteiger partial charge in [-0.3, -0.25) is 0 Å². The minimum absolute atomic E-state index is 0.295. The molecule has 1 aliphatic carbocycles. The van der Waals surface area contributed by atoms with Gasteiger partial charge in [-0.05, 0) is 25.2 Å². The van der Waals surface area contributed by atoms with Gasteiger partial charge in [-0.25, -0.2) is 0 Å². The third-order valence-electron chi connectivity index (χ3n) is 2.40. The summed E-state index contributed by atoms with van der Waals surface area (Å²) in [7, 11) is 0. The fourth-order valence-electron chi connectivity index (χ4n) is 1.11. The predicted molar refractivity (Wildman–Crippen MR) is 54.7 cm³/mol. The summed E-state index contributed by atoms with van der Waals surface area (Å²) >= 11 is 0. The Hall–Kier alpha value is -0.120. The molecule has 0 bridgehead atoms. The molecule has 0 radical (unpaired) electrons. The van der Waals surface area contributed by atoms with E-state index in [2.05, 4.69) is 12.2 Å². The second kappa shape index (κ2) is 6.35. The first-order valence-corrected chi connectivity index (χ1v) is 5.37. The lowest BCUT2D eigenvalue weighted by atomic mass is 10.2. The van der Waals surface area contributed by atoms with Crippen molar-refractivity contribution >= 4 is 0 Å². The van der Waals surface area contributed by atoms with E-state index in [1.165, 1.54) is 12.8 Å². The van der Waals surface area contributed by atoms with Crippen LogP contribution in [0.15, 0.2) is 0 Å². The van der Waals surface area contributed by atoms with Crippen LogP contribution in [0.3, 0.4) is 0 Å². The zero-order valence-corrected chi connectivity index (χ0v) is 8.59. The lowest BCUT2D eigenvalue weighted by Gasteiger charge is -2.10. The maximum absolute atomic E-state index is 5.74. The molecule has 13 heavy (non-hydrogen) atoms. The van der Waals surface area contributed by atoms with E-state index in [1.807, 2.05) is 0 Å². The van der Waals surface area contributed by atoms with Crippen molar-refractivity contribution in [3.05, 3.63) is 0 Å². The molecule has 3 heteroatoms. The highest BCUT2D eigenvalue weighted by Crippen LogP contribution is 2.28. The first-order chi connectivity index (χ1) is 6.33. The first-order valence-electron chi connectivity index (χ1n) is 5.37. The van der Waals surface area contributed by atoms with E-state index >= 15 is 0 Å². The van der Waals surface area contributed by atoms with Crippen LogP contribution in [0.25, 0.3) is 0 Å². The minimum atomic E-state index is 0.295. The quantitative estimate of drug-likeness (QED) is 0.550. The third kappa shape index (κ3) is 6.02. The third-order valence-corrected chi connectivity index (χ3v) is 2.40. The summed E-state index contributed by atoms with van der Waals surface area (Å²) in [5.41, 5.74) is 5.74. The van der Waals surface area contributed by atoms with Crippen LogP contribution >= 0.6 is 0 Å². The molecule has 0 spiro atoms. The van der Waals surface area contributed by atoms with E-state index in [4.69, 9.17) is 10.5 Å². The minimum Gasteiger partial charge on any atom is -0.380 e. The Morgan fingerprint density at radius 3 is 2.92 bits per heavy atom. The summed E-state index contributed by atoms with van der Waals surface area (Å²) in [6, 6.07) is 0.295. The number of hydrogen-bond acceptors (Lipinski definition) is 3. The molecule has 1 unspecified atom stereocenters. The Bertz CT molecular complexity index is 126. The van der Waals surface area contributed by atoms with E-state index in [0.717, 1.165) is 38.6 Å². The maximum Gasteiger partial charge on any atom is 0.0591 e. The summed E-state index contributed by atoms with van der Waals surface area (Å²) < 4.78 is 5.47. The van der Waals surface area contributed by atoms with Crippen molar-refractivity contribution in [2.24, 2.45) is 11.7 Å². The molecule has 0 amide bonds. The fraction of sp³-hybridized carbons (Fsp3) is 1.00. The van der Waals surface area contributed by atoms with Gasteiger partial charge in [0, 0.05) is 25.7 Å². The van der Waals surface area contributed by atoms with Crippen molar-refractivity contribution in [1.29, 1.82) is 0 Å². The smallest absolute Gasteiger partial charge is 0.0591 e. The van der Waals surface area contributed by atoms with E-state index in [9.17, 15) is 0 Å². The van der Waals surface area contributed by atoms with Crippen LogP contribution in [0.1, 0.15) is 26.2 Å². The highest BCUT2D eigenvalue weighted by atomic mass is 16.5. The van der Waals surface area contributed by atoms with Gasteiger partial charge in [-0.2, -0.15) is 0 Å². The highest BCUT2D eigenvalue weighted by Gasteiger charge is 2.20. The van der Waals surface area contributed by atoms with Gasteiger partial charge in [0.15, 0.2) is 0 Å². The van der Waals surface area contributed by atoms with Crippen LogP contribution < -0.4 is 11.1 Å². The van der Waals surface area contributed by atoms with Gasteiger partial charge < -0.3 is 15.8 Å². The monoisotopic (exact) mass is 186 g/mol. The van der Waals surface area contributed by atoms with Gasteiger partial charge in [-0.1, -0.05) is 6.92 Å². The van der Waals surface area contributed by atoms with Crippen LogP contribution in [0, 0.1) is 5.92 Å². The lowest BCUT2D eigenvalue weighted by Crippen LogP contribution is -2.34. The molecule has 1 rings (SSSR count). The molecule has 3 nitrogen and oxygen atoms in total. The summed E-state index contributed by atoms with van der Waals surface area (Å²) in [5.74, 6) is 0.873. The summed E-state index contributed by atoms with van der Waals surface area (Å²) in [6.07, 6.45) is 3.78. The molecule has 78 valence electrons. The Balaban J connectivity index is 1.72. The maximum atomic E-state index is 5.74. The molecule has 0 aromatic rings. The average molecular weight is 186 g/mol. The molecule has 3 N–H and O–H groups in total. The Morgan fingerprint density at radius 2 is 2.31 bits per heavy atom. The standard InChI is InChI=1S/C10H22N2O/c1-2-10(11)7-12-5-6-13-8-9-3-4-9/h9-10,12H,2-8,11H2,1H3. The largest absolute Gasteiger partial charge is 0.380 e. The molecular weight excluding hydrogens is 164 g/mol. The molecular formula is C10H22N2O. The normalized spacial score (nSPS) is 18.9. The zero-order chi connectivity index (χ0) is 9.52. The second-order valence-electron chi connectivity index (χ2n) is 3.89. The van der Waals surface area contributed by atoms with Crippen molar-refractivity contribution in [1.82, 2.24) is 5.32 Å². The molecule has 0 saturated heterocycles. The SMILES string of the molecule is CCC(N)CNCCOCC1CC1. The number of nitrogens with two attached hydrogens (primary N) is 1. The van der Waals surface area contributed by atoms with Gasteiger partial charge in [0.2, 0.25) is 0 Å². The Kier molecular flexibility index (Phi) is 5.35. The molecule has 0 aromatic heterocycles. The topological polar surface area (TPSA) is 47.3 Å².